The zero-order chi connectivity index (χ0) is 14.4. The van der Waals surface area contributed by atoms with Gasteiger partial charge in [-0.3, -0.25) is 10.3 Å². The monoisotopic (exact) mass is 296 g/mol. The SMILES string of the molecule is NC(=S)NN=Cc1ccc(CN2CCOCC2)c(F)c1. The van der Waals surface area contributed by atoms with E-state index in [9.17, 15) is 4.39 Å². The number of hydrazone groups is 1. The van der Waals surface area contributed by atoms with E-state index in [1.165, 1.54) is 12.3 Å². The van der Waals surface area contributed by atoms with Gasteiger partial charge in [-0.05, 0) is 23.8 Å². The minimum atomic E-state index is -0.240. The first-order valence-electron chi connectivity index (χ1n) is 6.32. The summed E-state index contributed by atoms with van der Waals surface area (Å²) >= 11 is 4.61. The summed E-state index contributed by atoms with van der Waals surface area (Å²) in [7, 11) is 0. The van der Waals surface area contributed by atoms with E-state index >= 15 is 0 Å². The highest BCUT2D eigenvalue weighted by molar-refractivity contribution is 7.80. The molecule has 0 spiro atoms. The minimum Gasteiger partial charge on any atom is -0.379 e. The highest BCUT2D eigenvalue weighted by Gasteiger charge is 2.12. The zero-order valence-corrected chi connectivity index (χ0v) is 11.8. The maximum absolute atomic E-state index is 14.0. The Balaban J connectivity index is 1.98. The molecule has 1 aromatic carbocycles. The normalized spacial score (nSPS) is 16.4. The van der Waals surface area contributed by atoms with Gasteiger partial charge in [0.15, 0.2) is 5.11 Å². The maximum Gasteiger partial charge on any atom is 0.184 e. The third-order valence-corrected chi connectivity index (χ3v) is 3.05. The Labute approximate surface area is 122 Å². The van der Waals surface area contributed by atoms with Crippen molar-refractivity contribution in [3.63, 3.8) is 0 Å². The van der Waals surface area contributed by atoms with Crippen LogP contribution in [0.1, 0.15) is 11.1 Å². The second-order valence-electron chi connectivity index (χ2n) is 4.47. The fourth-order valence-corrected chi connectivity index (χ4v) is 2.00. The van der Waals surface area contributed by atoms with Gasteiger partial charge in [-0.1, -0.05) is 12.1 Å². The smallest absolute Gasteiger partial charge is 0.184 e. The molecule has 1 fully saturated rings. The first kappa shape index (κ1) is 14.8. The van der Waals surface area contributed by atoms with Gasteiger partial charge < -0.3 is 10.5 Å². The molecule has 1 aliphatic rings. The number of hydrogen-bond donors (Lipinski definition) is 2. The fraction of sp³-hybridized carbons (Fsp3) is 0.385. The van der Waals surface area contributed by atoms with Crippen molar-refractivity contribution in [3.8, 4) is 0 Å². The zero-order valence-electron chi connectivity index (χ0n) is 11.0. The summed E-state index contributed by atoms with van der Waals surface area (Å²) < 4.78 is 19.3. The van der Waals surface area contributed by atoms with Crippen molar-refractivity contribution >= 4 is 23.5 Å². The lowest BCUT2D eigenvalue weighted by Gasteiger charge is -2.26. The highest BCUT2D eigenvalue weighted by atomic mass is 32.1. The van der Waals surface area contributed by atoms with Gasteiger partial charge in [0, 0.05) is 25.2 Å². The van der Waals surface area contributed by atoms with E-state index in [1.807, 2.05) is 6.07 Å². The molecular formula is C13H17FN4OS. The van der Waals surface area contributed by atoms with Gasteiger partial charge in [0.05, 0.1) is 19.4 Å². The Morgan fingerprint density at radius 2 is 2.25 bits per heavy atom. The third kappa shape index (κ3) is 4.52. The van der Waals surface area contributed by atoms with Crippen molar-refractivity contribution in [1.29, 1.82) is 0 Å². The number of nitrogens with zero attached hydrogens (tertiary/aromatic N) is 2. The molecule has 7 heteroatoms. The Hall–Kier alpha value is -1.57. The topological polar surface area (TPSA) is 62.9 Å². The molecule has 1 aliphatic heterocycles. The molecular weight excluding hydrogens is 279 g/mol. The largest absolute Gasteiger partial charge is 0.379 e. The maximum atomic E-state index is 14.0. The van der Waals surface area contributed by atoms with Crippen molar-refractivity contribution in [3.05, 3.63) is 35.1 Å². The van der Waals surface area contributed by atoms with Crippen LogP contribution in [0.4, 0.5) is 4.39 Å². The number of thiocarbonyl (C=S) groups is 1. The Morgan fingerprint density at radius 3 is 2.90 bits per heavy atom. The summed E-state index contributed by atoms with van der Waals surface area (Å²) in [4.78, 5) is 2.17. The summed E-state index contributed by atoms with van der Waals surface area (Å²) in [5.41, 5.74) is 8.98. The van der Waals surface area contributed by atoms with Gasteiger partial charge in [-0.2, -0.15) is 5.10 Å². The predicted octanol–water partition coefficient (Wildman–Crippen LogP) is 0.825. The van der Waals surface area contributed by atoms with Gasteiger partial charge in [-0.15, -0.1) is 0 Å². The van der Waals surface area contributed by atoms with E-state index in [4.69, 9.17) is 10.5 Å². The molecule has 0 amide bonds. The summed E-state index contributed by atoms with van der Waals surface area (Å²) in [6, 6.07) is 5.02. The van der Waals surface area contributed by atoms with Crippen molar-refractivity contribution < 1.29 is 9.13 Å². The molecule has 3 N–H and O–H groups in total. The molecule has 0 aromatic heterocycles. The molecule has 0 bridgehead atoms. The summed E-state index contributed by atoms with van der Waals surface area (Å²) in [6.45, 7) is 3.67. The van der Waals surface area contributed by atoms with E-state index < -0.39 is 0 Å². The number of hydrogen-bond acceptors (Lipinski definition) is 4. The summed E-state index contributed by atoms with van der Waals surface area (Å²) in [6.07, 6.45) is 1.47. The Kier molecular flexibility index (Phi) is 5.40. The molecule has 0 unspecified atom stereocenters. The molecule has 5 nitrogen and oxygen atoms in total. The molecule has 1 heterocycles. The number of nitrogens with one attached hydrogen (secondary N) is 1. The Bertz CT molecular complexity index is 503. The number of benzene rings is 1. The average Bonchev–Trinajstić information content (AvgIpc) is 2.42. The van der Waals surface area contributed by atoms with Crippen LogP contribution in [0.3, 0.4) is 0 Å². The standard InChI is InChI=1S/C13H17FN4OS/c14-12-7-10(8-16-17-13(15)20)1-2-11(12)9-18-3-5-19-6-4-18/h1-2,7-8H,3-6,9H2,(H3,15,17,20). The quantitative estimate of drug-likeness (QED) is 0.489. The fourth-order valence-electron chi connectivity index (χ4n) is 1.94. The predicted molar refractivity (Wildman–Crippen MR) is 80.0 cm³/mol. The molecule has 108 valence electrons. The molecule has 0 aliphatic carbocycles. The first-order valence-corrected chi connectivity index (χ1v) is 6.73. The van der Waals surface area contributed by atoms with Gasteiger partial charge >= 0.3 is 0 Å². The molecule has 20 heavy (non-hydrogen) atoms. The van der Waals surface area contributed by atoms with Crippen LogP contribution in [0.15, 0.2) is 23.3 Å². The molecule has 2 rings (SSSR count). The van der Waals surface area contributed by atoms with Crippen LogP contribution in [0.25, 0.3) is 0 Å². The molecule has 0 atom stereocenters. The second kappa shape index (κ2) is 7.28. The van der Waals surface area contributed by atoms with Crippen LogP contribution in [-0.2, 0) is 11.3 Å². The summed E-state index contributed by atoms with van der Waals surface area (Å²) in [5, 5.41) is 3.87. The number of halogens is 1. The number of ether oxygens (including phenoxy) is 1. The minimum absolute atomic E-state index is 0.0747. The highest BCUT2D eigenvalue weighted by Crippen LogP contribution is 2.13. The lowest BCUT2D eigenvalue weighted by Crippen LogP contribution is -2.35. The van der Waals surface area contributed by atoms with Crippen LogP contribution >= 0.6 is 12.2 Å². The van der Waals surface area contributed by atoms with E-state index in [0.29, 0.717) is 30.9 Å². The van der Waals surface area contributed by atoms with Gasteiger partial charge in [-0.25, -0.2) is 4.39 Å². The Morgan fingerprint density at radius 1 is 1.50 bits per heavy atom. The van der Waals surface area contributed by atoms with Crippen molar-refractivity contribution in [2.75, 3.05) is 26.3 Å². The van der Waals surface area contributed by atoms with Crippen LogP contribution in [0, 0.1) is 5.82 Å². The van der Waals surface area contributed by atoms with Crippen LogP contribution in [0.2, 0.25) is 0 Å². The lowest BCUT2D eigenvalue weighted by atomic mass is 10.1. The van der Waals surface area contributed by atoms with E-state index in [-0.39, 0.29) is 10.9 Å². The molecule has 0 saturated carbocycles. The van der Waals surface area contributed by atoms with Gasteiger partial charge in [0.1, 0.15) is 5.82 Å². The molecule has 1 aromatic rings. The summed E-state index contributed by atoms with van der Waals surface area (Å²) in [5.74, 6) is -0.240. The van der Waals surface area contributed by atoms with Crippen LogP contribution in [0.5, 0.6) is 0 Å². The van der Waals surface area contributed by atoms with E-state index in [2.05, 4.69) is 27.6 Å². The number of morpholine rings is 1. The van der Waals surface area contributed by atoms with Crippen molar-refractivity contribution in [1.82, 2.24) is 10.3 Å². The van der Waals surface area contributed by atoms with Crippen LogP contribution in [-0.4, -0.2) is 42.5 Å². The van der Waals surface area contributed by atoms with E-state index in [1.54, 1.807) is 6.07 Å². The van der Waals surface area contributed by atoms with Crippen LogP contribution < -0.4 is 11.2 Å². The molecule has 1 saturated heterocycles. The average molecular weight is 296 g/mol. The lowest BCUT2D eigenvalue weighted by molar-refractivity contribution is 0.0337. The molecule has 0 radical (unpaired) electrons. The third-order valence-electron chi connectivity index (χ3n) is 2.96. The van der Waals surface area contributed by atoms with Crippen molar-refractivity contribution in [2.45, 2.75) is 6.54 Å². The number of rotatable bonds is 4. The van der Waals surface area contributed by atoms with Crippen molar-refractivity contribution in [2.24, 2.45) is 10.8 Å². The first-order chi connectivity index (χ1) is 9.65. The van der Waals surface area contributed by atoms with Gasteiger partial charge in [0.2, 0.25) is 0 Å². The van der Waals surface area contributed by atoms with E-state index in [0.717, 1.165) is 13.1 Å². The second-order valence-corrected chi connectivity index (χ2v) is 4.91. The van der Waals surface area contributed by atoms with Gasteiger partial charge in [0.25, 0.3) is 0 Å². The number of nitrogens with two attached hydrogens (primary N) is 1.